The zero-order valence-electron chi connectivity index (χ0n) is 16.2. The van der Waals surface area contributed by atoms with E-state index < -0.39 is 28.2 Å². The lowest BCUT2D eigenvalue weighted by molar-refractivity contribution is 0.0831. The highest BCUT2D eigenvalue weighted by atomic mass is 32.2. The fourth-order valence-corrected chi connectivity index (χ4v) is 3.97. The predicted molar refractivity (Wildman–Crippen MR) is 106 cm³/mol. The summed E-state index contributed by atoms with van der Waals surface area (Å²) in [4.78, 5) is 24.9. The van der Waals surface area contributed by atoms with Gasteiger partial charge in [-0.1, -0.05) is 18.2 Å². The van der Waals surface area contributed by atoms with Crippen LogP contribution in [0.2, 0.25) is 0 Å². The van der Waals surface area contributed by atoms with E-state index in [1.54, 1.807) is 37.3 Å². The van der Waals surface area contributed by atoms with E-state index in [-0.39, 0.29) is 4.90 Å². The van der Waals surface area contributed by atoms with Crippen LogP contribution in [-0.4, -0.2) is 36.6 Å². The van der Waals surface area contributed by atoms with Crippen molar-refractivity contribution in [2.45, 2.75) is 18.7 Å². The maximum atomic E-state index is 12.8. The molecule has 0 radical (unpaired) electrons. The maximum absolute atomic E-state index is 12.8. The van der Waals surface area contributed by atoms with Crippen molar-refractivity contribution < 1.29 is 22.7 Å². The standard InChI is InChI=1S/C20H20N2O6S/c1-14-8-9-16(12-15(14)2)29(25,26)22-11-10-21(20(22)24)19(23)13-28-18-7-5-4-6-17(18)27-3/h4-12H,13H2,1-3H3. The van der Waals surface area contributed by atoms with E-state index in [4.69, 9.17) is 9.47 Å². The molecule has 0 bridgehead atoms. The quantitative estimate of drug-likeness (QED) is 0.611. The Balaban J connectivity index is 1.85. The Kier molecular flexibility index (Phi) is 5.60. The van der Waals surface area contributed by atoms with Crippen LogP contribution < -0.4 is 15.2 Å². The SMILES string of the molecule is COc1ccccc1OCC(=O)n1ccn(S(=O)(=O)c2ccc(C)c(C)c2)c1=O. The lowest BCUT2D eigenvalue weighted by atomic mass is 10.1. The molecule has 2 aromatic carbocycles. The van der Waals surface area contributed by atoms with Crippen LogP contribution in [0.3, 0.4) is 0 Å². The molecule has 9 heteroatoms. The molecule has 0 aliphatic carbocycles. The van der Waals surface area contributed by atoms with Crippen LogP contribution in [0.1, 0.15) is 15.9 Å². The molecule has 152 valence electrons. The molecule has 0 aliphatic rings. The fourth-order valence-electron chi connectivity index (χ4n) is 2.67. The highest BCUT2D eigenvalue weighted by Gasteiger charge is 2.23. The van der Waals surface area contributed by atoms with Gasteiger partial charge >= 0.3 is 5.69 Å². The number of hydrogen-bond acceptors (Lipinski definition) is 6. The number of para-hydroxylation sites is 2. The Labute approximate surface area is 168 Å². The third-order valence-corrected chi connectivity index (χ3v) is 6.12. The van der Waals surface area contributed by atoms with E-state index in [9.17, 15) is 18.0 Å². The van der Waals surface area contributed by atoms with Crippen LogP contribution in [0.15, 0.2) is 64.5 Å². The number of aromatic nitrogens is 2. The van der Waals surface area contributed by atoms with Crippen LogP contribution in [0.25, 0.3) is 0 Å². The smallest absolute Gasteiger partial charge is 0.349 e. The number of carbonyl (C=O) groups excluding carboxylic acids is 1. The van der Waals surface area contributed by atoms with Crippen molar-refractivity contribution in [1.29, 1.82) is 0 Å². The number of imidazole rings is 1. The van der Waals surface area contributed by atoms with Crippen LogP contribution in [0.4, 0.5) is 0 Å². The number of rotatable bonds is 6. The van der Waals surface area contributed by atoms with E-state index >= 15 is 0 Å². The van der Waals surface area contributed by atoms with Crippen LogP contribution in [0.5, 0.6) is 11.5 Å². The van der Waals surface area contributed by atoms with Gasteiger partial charge in [-0.2, -0.15) is 3.97 Å². The van der Waals surface area contributed by atoms with Crippen LogP contribution in [-0.2, 0) is 10.0 Å². The summed E-state index contributed by atoms with van der Waals surface area (Å²) in [5.41, 5.74) is 0.717. The summed E-state index contributed by atoms with van der Waals surface area (Å²) in [6, 6.07) is 11.3. The number of benzene rings is 2. The summed E-state index contributed by atoms with van der Waals surface area (Å²) in [6.45, 7) is 3.17. The number of carbonyl (C=O) groups is 1. The molecule has 0 atom stereocenters. The topological polar surface area (TPSA) is 96.6 Å². The van der Waals surface area contributed by atoms with Gasteiger partial charge in [0.15, 0.2) is 18.1 Å². The molecule has 29 heavy (non-hydrogen) atoms. The normalized spacial score (nSPS) is 11.3. The van der Waals surface area contributed by atoms with E-state index in [0.717, 1.165) is 23.5 Å². The molecule has 0 saturated carbocycles. The second-order valence-corrected chi connectivity index (χ2v) is 8.15. The molecule has 3 rings (SSSR count). The predicted octanol–water partition coefficient (Wildman–Crippen LogP) is 2.23. The summed E-state index contributed by atoms with van der Waals surface area (Å²) < 4.78 is 37.4. The molecule has 0 aliphatic heterocycles. The molecule has 8 nitrogen and oxygen atoms in total. The highest BCUT2D eigenvalue weighted by molar-refractivity contribution is 7.90. The van der Waals surface area contributed by atoms with Gasteiger partial charge in [-0.25, -0.2) is 17.8 Å². The minimum Gasteiger partial charge on any atom is -0.493 e. The van der Waals surface area contributed by atoms with Gasteiger partial charge in [0, 0.05) is 12.4 Å². The minimum atomic E-state index is -4.13. The van der Waals surface area contributed by atoms with E-state index in [0.29, 0.717) is 20.0 Å². The average Bonchev–Trinajstić information content (AvgIpc) is 3.10. The number of nitrogens with zero attached hydrogens (tertiary/aromatic N) is 2. The zero-order valence-corrected chi connectivity index (χ0v) is 17.0. The lowest BCUT2D eigenvalue weighted by Crippen LogP contribution is -2.34. The van der Waals surface area contributed by atoms with Gasteiger partial charge in [-0.05, 0) is 49.2 Å². The Hall–Kier alpha value is -3.33. The molecule has 0 fully saturated rings. The molecular formula is C20H20N2O6S. The van der Waals surface area contributed by atoms with Crippen molar-refractivity contribution in [3.05, 3.63) is 76.5 Å². The first-order valence-corrected chi connectivity index (χ1v) is 10.1. The average molecular weight is 416 g/mol. The molecule has 0 spiro atoms. The Bertz CT molecular complexity index is 1220. The second kappa shape index (κ2) is 7.96. The summed E-state index contributed by atoms with van der Waals surface area (Å²) in [5.74, 6) is 0.0519. The summed E-state index contributed by atoms with van der Waals surface area (Å²) in [5, 5.41) is 0. The van der Waals surface area contributed by atoms with Gasteiger partial charge in [0.1, 0.15) is 0 Å². The molecule has 1 heterocycles. The lowest BCUT2D eigenvalue weighted by Gasteiger charge is -2.09. The van der Waals surface area contributed by atoms with Crippen LogP contribution >= 0.6 is 0 Å². The molecule has 0 saturated heterocycles. The summed E-state index contributed by atoms with van der Waals surface area (Å²) >= 11 is 0. The largest absolute Gasteiger partial charge is 0.493 e. The van der Waals surface area contributed by atoms with Crippen molar-refractivity contribution in [1.82, 2.24) is 8.54 Å². The van der Waals surface area contributed by atoms with Crippen molar-refractivity contribution in [3.8, 4) is 11.5 Å². The Morgan fingerprint density at radius 3 is 2.34 bits per heavy atom. The molecular weight excluding hydrogens is 396 g/mol. The minimum absolute atomic E-state index is 0.0295. The molecule has 1 aromatic heterocycles. The van der Waals surface area contributed by atoms with Gasteiger partial charge in [0.05, 0.1) is 12.0 Å². The van der Waals surface area contributed by atoms with Crippen molar-refractivity contribution >= 4 is 15.9 Å². The Morgan fingerprint density at radius 1 is 1.00 bits per heavy atom. The summed E-state index contributed by atoms with van der Waals surface area (Å²) in [6.07, 6.45) is 2.16. The molecule has 0 N–H and O–H groups in total. The van der Waals surface area contributed by atoms with Crippen molar-refractivity contribution in [3.63, 3.8) is 0 Å². The maximum Gasteiger partial charge on any atom is 0.349 e. The van der Waals surface area contributed by atoms with Crippen molar-refractivity contribution in [2.75, 3.05) is 13.7 Å². The first kappa shape index (κ1) is 20.4. The first-order chi connectivity index (χ1) is 13.8. The molecule has 0 amide bonds. The molecule has 3 aromatic rings. The number of methoxy groups -OCH3 is 1. The van der Waals surface area contributed by atoms with Gasteiger partial charge in [0.25, 0.3) is 15.9 Å². The highest BCUT2D eigenvalue weighted by Crippen LogP contribution is 2.25. The fraction of sp³-hybridized carbons (Fsp3) is 0.200. The zero-order chi connectivity index (χ0) is 21.2. The molecule has 0 unspecified atom stereocenters. The number of hydrogen-bond donors (Lipinski definition) is 0. The summed E-state index contributed by atoms with van der Waals surface area (Å²) in [7, 11) is -2.66. The van der Waals surface area contributed by atoms with E-state index in [1.165, 1.54) is 19.2 Å². The monoisotopic (exact) mass is 416 g/mol. The van der Waals surface area contributed by atoms with E-state index in [1.807, 2.05) is 6.92 Å². The van der Waals surface area contributed by atoms with Crippen molar-refractivity contribution in [2.24, 2.45) is 0 Å². The third kappa shape index (κ3) is 3.95. The van der Waals surface area contributed by atoms with E-state index in [2.05, 4.69) is 0 Å². The van der Waals surface area contributed by atoms with Gasteiger partial charge < -0.3 is 9.47 Å². The number of aryl methyl sites for hydroxylation is 2. The van der Waals surface area contributed by atoms with Crippen LogP contribution in [0, 0.1) is 13.8 Å². The number of ether oxygens (including phenoxy) is 2. The van der Waals surface area contributed by atoms with Gasteiger partial charge in [-0.3, -0.25) is 4.79 Å². The third-order valence-electron chi connectivity index (χ3n) is 4.47. The van der Waals surface area contributed by atoms with Gasteiger partial charge in [-0.15, -0.1) is 0 Å². The Morgan fingerprint density at radius 2 is 1.69 bits per heavy atom. The van der Waals surface area contributed by atoms with Gasteiger partial charge in [0.2, 0.25) is 0 Å². The first-order valence-electron chi connectivity index (χ1n) is 8.67. The second-order valence-electron chi connectivity index (χ2n) is 6.33.